The topological polar surface area (TPSA) is 80.6 Å². The lowest BCUT2D eigenvalue weighted by Crippen LogP contribution is -2.32. The normalized spacial score (nSPS) is 13.0. The standard InChI is InChI=1S/C34H39ClN2O4/c1-19(2)24-9-8-10-25(15-24)22(6)36-33(38)26-11-14-31-29(17-26)21(5)23(7)37(31)18-27-16-28(12-13-30(27)35)41-32(20(3)4)34(39)40/h8-17,19-20,22,32H,18H2,1-7H3,(H,36,38)(H,39,40)/t22-,32+/m0/s1. The molecule has 0 saturated carbocycles. The van der Waals surface area contributed by atoms with Crippen molar-refractivity contribution in [3.8, 4) is 5.75 Å². The predicted molar refractivity (Wildman–Crippen MR) is 165 cm³/mol. The van der Waals surface area contributed by atoms with E-state index in [-0.39, 0.29) is 17.9 Å². The number of carbonyl (C=O) groups excluding carboxylic acids is 1. The summed E-state index contributed by atoms with van der Waals surface area (Å²) >= 11 is 6.57. The van der Waals surface area contributed by atoms with E-state index in [2.05, 4.69) is 42.8 Å². The third-order valence-electron chi connectivity index (χ3n) is 7.78. The summed E-state index contributed by atoms with van der Waals surface area (Å²) in [4.78, 5) is 24.9. The van der Waals surface area contributed by atoms with Gasteiger partial charge in [-0.25, -0.2) is 4.79 Å². The molecule has 4 aromatic rings. The molecule has 1 heterocycles. The summed E-state index contributed by atoms with van der Waals surface area (Å²) in [5.74, 6) is -0.433. The van der Waals surface area contributed by atoms with Gasteiger partial charge in [0.05, 0.1) is 6.04 Å². The molecule has 2 N–H and O–H groups in total. The number of hydrogen-bond acceptors (Lipinski definition) is 3. The summed E-state index contributed by atoms with van der Waals surface area (Å²) in [6.07, 6.45) is -0.952. The average molecular weight is 575 g/mol. The van der Waals surface area contributed by atoms with Crippen LogP contribution in [-0.2, 0) is 11.3 Å². The summed E-state index contributed by atoms with van der Waals surface area (Å²) in [5.41, 5.74) is 6.88. The van der Waals surface area contributed by atoms with Crippen LogP contribution in [-0.4, -0.2) is 27.7 Å². The van der Waals surface area contributed by atoms with Crippen LogP contribution >= 0.6 is 11.6 Å². The van der Waals surface area contributed by atoms with Crippen molar-refractivity contribution in [2.45, 2.75) is 73.1 Å². The zero-order valence-corrected chi connectivity index (χ0v) is 25.5. The maximum Gasteiger partial charge on any atom is 0.345 e. The number of carboxylic acid groups (broad SMARTS) is 1. The molecule has 0 aliphatic heterocycles. The van der Waals surface area contributed by atoms with E-state index in [1.54, 1.807) is 18.2 Å². The van der Waals surface area contributed by atoms with Gasteiger partial charge in [-0.15, -0.1) is 0 Å². The number of rotatable bonds is 10. The monoisotopic (exact) mass is 574 g/mol. The number of amides is 1. The zero-order valence-electron chi connectivity index (χ0n) is 24.8. The number of hydrogen-bond donors (Lipinski definition) is 2. The van der Waals surface area contributed by atoms with Crippen molar-refractivity contribution in [1.82, 2.24) is 9.88 Å². The second-order valence-corrected chi connectivity index (χ2v) is 11.8. The fourth-order valence-corrected chi connectivity index (χ4v) is 5.26. The molecule has 4 rings (SSSR count). The second-order valence-electron chi connectivity index (χ2n) is 11.4. The van der Waals surface area contributed by atoms with Gasteiger partial charge in [-0.05, 0) is 85.3 Å². The van der Waals surface area contributed by atoms with E-state index < -0.39 is 12.1 Å². The number of aliphatic carboxylic acids is 1. The van der Waals surface area contributed by atoms with Crippen LogP contribution in [0.25, 0.3) is 10.9 Å². The minimum atomic E-state index is -1.00. The molecule has 2 atom stereocenters. The van der Waals surface area contributed by atoms with Gasteiger partial charge < -0.3 is 19.7 Å². The van der Waals surface area contributed by atoms with E-state index in [1.165, 1.54) is 5.56 Å². The summed E-state index contributed by atoms with van der Waals surface area (Å²) in [6, 6.07) is 19.2. The quantitative estimate of drug-likeness (QED) is 0.201. The largest absolute Gasteiger partial charge is 0.478 e. The molecule has 0 saturated heterocycles. The predicted octanol–water partition coefficient (Wildman–Crippen LogP) is 8.06. The number of aryl methyl sites for hydroxylation is 1. The molecular weight excluding hydrogens is 536 g/mol. The Kier molecular flexibility index (Phi) is 9.13. The molecular formula is C34H39ClN2O4. The molecule has 0 aliphatic rings. The molecule has 0 radical (unpaired) electrons. The molecule has 1 aromatic heterocycles. The number of ether oxygens (including phenoxy) is 1. The van der Waals surface area contributed by atoms with Crippen LogP contribution in [0, 0.1) is 19.8 Å². The van der Waals surface area contributed by atoms with Crippen molar-refractivity contribution in [1.29, 1.82) is 0 Å². The third-order valence-corrected chi connectivity index (χ3v) is 8.15. The fraction of sp³-hybridized carbons (Fsp3) is 0.353. The summed E-state index contributed by atoms with van der Waals surface area (Å²) in [6.45, 7) is 14.5. The van der Waals surface area contributed by atoms with Crippen molar-refractivity contribution in [3.63, 3.8) is 0 Å². The van der Waals surface area contributed by atoms with E-state index in [9.17, 15) is 14.7 Å². The van der Waals surface area contributed by atoms with Crippen LogP contribution in [0.1, 0.15) is 84.9 Å². The van der Waals surface area contributed by atoms with Crippen molar-refractivity contribution < 1.29 is 19.4 Å². The molecule has 41 heavy (non-hydrogen) atoms. The Morgan fingerprint density at radius 2 is 1.66 bits per heavy atom. The number of benzene rings is 3. The summed E-state index contributed by atoms with van der Waals surface area (Å²) < 4.78 is 7.97. The Morgan fingerprint density at radius 1 is 0.951 bits per heavy atom. The number of nitrogens with zero attached hydrogens (tertiary/aromatic N) is 1. The smallest absolute Gasteiger partial charge is 0.345 e. The van der Waals surface area contributed by atoms with Crippen molar-refractivity contribution >= 4 is 34.4 Å². The lowest BCUT2D eigenvalue weighted by atomic mass is 9.98. The molecule has 0 aliphatic carbocycles. The van der Waals surface area contributed by atoms with Crippen LogP contribution in [0.15, 0.2) is 60.7 Å². The molecule has 0 fully saturated rings. The highest BCUT2D eigenvalue weighted by Crippen LogP contribution is 2.31. The molecule has 0 spiro atoms. The first-order chi connectivity index (χ1) is 19.4. The van der Waals surface area contributed by atoms with Gasteiger partial charge in [0.1, 0.15) is 5.75 Å². The molecule has 7 heteroatoms. The highest BCUT2D eigenvalue weighted by molar-refractivity contribution is 6.31. The first-order valence-corrected chi connectivity index (χ1v) is 14.4. The van der Waals surface area contributed by atoms with E-state index in [0.29, 0.717) is 28.8 Å². The van der Waals surface area contributed by atoms with Gasteiger partial charge >= 0.3 is 5.97 Å². The van der Waals surface area contributed by atoms with E-state index in [1.807, 2.05) is 58.0 Å². The van der Waals surface area contributed by atoms with Gasteiger partial charge in [-0.1, -0.05) is 63.6 Å². The fourth-order valence-electron chi connectivity index (χ4n) is 5.08. The number of carbonyl (C=O) groups is 2. The summed E-state index contributed by atoms with van der Waals surface area (Å²) in [7, 11) is 0. The molecule has 1 amide bonds. The number of fused-ring (bicyclic) bond motifs is 1. The molecule has 3 aromatic carbocycles. The molecule has 6 nitrogen and oxygen atoms in total. The lowest BCUT2D eigenvalue weighted by molar-refractivity contribution is -0.147. The van der Waals surface area contributed by atoms with Crippen molar-refractivity contribution in [2.75, 3.05) is 0 Å². The van der Waals surface area contributed by atoms with Gasteiger partial charge in [0.2, 0.25) is 0 Å². The average Bonchev–Trinajstić information content (AvgIpc) is 3.17. The van der Waals surface area contributed by atoms with E-state index in [4.69, 9.17) is 16.3 Å². The zero-order chi connectivity index (χ0) is 30.0. The van der Waals surface area contributed by atoms with Crippen LogP contribution in [0.5, 0.6) is 5.75 Å². The lowest BCUT2D eigenvalue weighted by Gasteiger charge is -2.19. The van der Waals surface area contributed by atoms with E-state index >= 15 is 0 Å². The van der Waals surface area contributed by atoms with Crippen LogP contribution in [0.2, 0.25) is 5.02 Å². The minimum absolute atomic E-state index is 0.120. The highest BCUT2D eigenvalue weighted by Gasteiger charge is 2.24. The highest BCUT2D eigenvalue weighted by atomic mass is 35.5. The van der Waals surface area contributed by atoms with Gasteiger partial charge in [0, 0.05) is 39.6 Å². The number of aromatic nitrogens is 1. The Balaban J connectivity index is 1.59. The third kappa shape index (κ3) is 6.59. The van der Waals surface area contributed by atoms with Crippen molar-refractivity contribution in [3.05, 3.63) is 99.2 Å². The van der Waals surface area contributed by atoms with Gasteiger partial charge in [-0.2, -0.15) is 0 Å². The van der Waals surface area contributed by atoms with Gasteiger partial charge in [0.15, 0.2) is 6.10 Å². The SMILES string of the molecule is Cc1c(C)n(Cc2cc(O[C@@H](C(=O)O)C(C)C)ccc2Cl)c2ccc(C(=O)N[C@@H](C)c3cccc(C(C)C)c3)cc12. The minimum Gasteiger partial charge on any atom is -0.478 e. The van der Waals surface area contributed by atoms with Crippen molar-refractivity contribution in [2.24, 2.45) is 5.92 Å². The van der Waals surface area contributed by atoms with Crippen LogP contribution < -0.4 is 10.1 Å². The molecule has 0 unspecified atom stereocenters. The molecule has 0 bridgehead atoms. The van der Waals surface area contributed by atoms with E-state index in [0.717, 1.165) is 33.3 Å². The van der Waals surface area contributed by atoms with Gasteiger partial charge in [-0.3, -0.25) is 4.79 Å². The first kappa shape index (κ1) is 30.2. The Hall–Kier alpha value is -3.77. The molecule has 216 valence electrons. The summed E-state index contributed by atoms with van der Waals surface area (Å²) in [5, 5.41) is 14.3. The maximum absolute atomic E-state index is 13.3. The second kappa shape index (κ2) is 12.4. The Morgan fingerprint density at radius 3 is 2.32 bits per heavy atom. The number of nitrogens with one attached hydrogen (secondary N) is 1. The van der Waals surface area contributed by atoms with Gasteiger partial charge in [0.25, 0.3) is 5.91 Å². The van der Waals surface area contributed by atoms with Crippen LogP contribution in [0.3, 0.4) is 0 Å². The number of carboxylic acids is 1. The Labute approximate surface area is 247 Å². The number of halogens is 1. The Bertz CT molecular complexity index is 1590. The maximum atomic E-state index is 13.3. The van der Waals surface area contributed by atoms with Crippen LogP contribution in [0.4, 0.5) is 0 Å². The first-order valence-electron chi connectivity index (χ1n) is 14.0.